The number of aryl methyl sites for hydroxylation is 2. The number of rotatable bonds is 6. The van der Waals surface area contributed by atoms with E-state index in [0.717, 1.165) is 26.4 Å². The SMILES string of the molecule is Cn1cnc2c1c(=O)n(CCCSc1ncnc3scc(-c4ccc(F)cc4)c13)c(=O)n2C. The van der Waals surface area contributed by atoms with Gasteiger partial charge in [0.1, 0.15) is 22.0 Å². The highest BCUT2D eigenvalue weighted by Gasteiger charge is 2.16. The number of hydrogen-bond donors (Lipinski definition) is 0. The Morgan fingerprint density at radius 1 is 1.09 bits per heavy atom. The maximum atomic E-state index is 13.4. The van der Waals surface area contributed by atoms with E-state index in [1.165, 1.54) is 45.3 Å². The number of imidazole rings is 1. The monoisotopic (exact) mass is 482 g/mol. The highest BCUT2D eigenvalue weighted by molar-refractivity contribution is 7.99. The van der Waals surface area contributed by atoms with Crippen LogP contribution in [0, 0.1) is 5.82 Å². The van der Waals surface area contributed by atoms with E-state index in [9.17, 15) is 14.0 Å². The highest BCUT2D eigenvalue weighted by atomic mass is 32.2. The Balaban J connectivity index is 1.38. The van der Waals surface area contributed by atoms with Gasteiger partial charge in [-0.15, -0.1) is 23.1 Å². The molecule has 0 amide bonds. The van der Waals surface area contributed by atoms with Crippen LogP contribution in [-0.4, -0.2) is 34.4 Å². The summed E-state index contributed by atoms with van der Waals surface area (Å²) in [4.78, 5) is 39.4. The standard InChI is InChI=1S/C22H19FN6O2S2/c1-27-12-26-18-17(27)21(30)29(22(31)28(18)2)8-3-9-32-19-16-15(10-33-20(16)25-11-24-19)13-4-6-14(23)7-5-13/h4-7,10-12H,3,8-9H2,1-2H3. The smallest absolute Gasteiger partial charge is 0.328 e. The molecule has 0 fully saturated rings. The van der Waals surface area contributed by atoms with Crippen molar-refractivity contribution in [2.45, 2.75) is 18.0 Å². The van der Waals surface area contributed by atoms with Crippen LogP contribution >= 0.6 is 23.1 Å². The fourth-order valence-corrected chi connectivity index (χ4v) is 5.70. The van der Waals surface area contributed by atoms with Gasteiger partial charge in [0.05, 0.1) is 11.7 Å². The van der Waals surface area contributed by atoms with Crippen molar-refractivity contribution in [2.75, 3.05) is 5.75 Å². The second-order valence-electron chi connectivity index (χ2n) is 7.54. The molecule has 0 aliphatic heterocycles. The largest absolute Gasteiger partial charge is 0.332 e. The summed E-state index contributed by atoms with van der Waals surface area (Å²) >= 11 is 3.07. The van der Waals surface area contributed by atoms with Gasteiger partial charge in [0.25, 0.3) is 5.56 Å². The number of fused-ring (bicyclic) bond motifs is 2. The van der Waals surface area contributed by atoms with Crippen LogP contribution in [0.5, 0.6) is 0 Å². The summed E-state index contributed by atoms with van der Waals surface area (Å²) in [6.45, 7) is 0.294. The number of hydrogen-bond acceptors (Lipinski definition) is 7. The molecular weight excluding hydrogens is 463 g/mol. The van der Waals surface area contributed by atoms with Crippen LogP contribution < -0.4 is 11.2 Å². The predicted molar refractivity (Wildman–Crippen MR) is 128 cm³/mol. The number of nitrogens with zero attached hydrogens (tertiary/aromatic N) is 6. The van der Waals surface area contributed by atoms with Crippen molar-refractivity contribution in [3.63, 3.8) is 0 Å². The molecule has 11 heteroatoms. The van der Waals surface area contributed by atoms with Crippen molar-refractivity contribution >= 4 is 44.5 Å². The van der Waals surface area contributed by atoms with Crippen molar-refractivity contribution in [2.24, 2.45) is 14.1 Å². The van der Waals surface area contributed by atoms with Gasteiger partial charge in [0.2, 0.25) is 0 Å². The Bertz CT molecular complexity index is 1600. The molecule has 4 heterocycles. The number of thioether (sulfide) groups is 1. The van der Waals surface area contributed by atoms with Crippen LogP contribution in [0.1, 0.15) is 6.42 Å². The van der Waals surface area contributed by atoms with Crippen molar-refractivity contribution in [1.82, 2.24) is 28.7 Å². The van der Waals surface area contributed by atoms with Crippen LogP contribution in [0.2, 0.25) is 0 Å². The molecule has 4 aromatic heterocycles. The molecule has 5 rings (SSSR count). The lowest BCUT2D eigenvalue weighted by Crippen LogP contribution is -2.39. The van der Waals surface area contributed by atoms with Gasteiger partial charge in [-0.1, -0.05) is 12.1 Å². The summed E-state index contributed by atoms with van der Waals surface area (Å²) in [5, 5.41) is 3.76. The van der Waals surface area contributed by atoms with Gasteiger partial charge in [0.15, 0.2) is 11.2 Å². The molecule has 0 unspecified atom stereocenters. The van der Waals surface area contributed by atoms with E-state index < -0.39 is 0 Å². The van der Waals surface area contributed by atoms with Gasteiger partial charge < -0.3 is 4.57 Å². The summed E-state index contributed by atoms with van der Waals surface area (Å²) in [6.07, 6.45) is 3.67. The molecule has 0 aliphatic rings. The first-order valence-electron chi connectivity index (χ1n) is 10.2. The second-order valence-corrected chi connectivity index (χ2v) is 9.49. The third kappa shape index (κ3) is 3.76. The summed E-state index contributed by atoms with van der Waals surface area (Å²) in [5.74, 6) is 0.374. The minimum Gasteiger partial charge on any atom is -0.328 e. The molecular formula is C22H19FN6O2S2. The Hall–Kier alpha value is -3.31. The molecule has 5 aromatic rings. The number of aromatic nitrogens is 6. The molecule has 0 radical (unpaired) electrons. The fourth-order valence-electron chi connectivity index (χ4n) is 3.78. The number of benzene rings is 1. The summed E-state index contributed by atoms with van der Waals surface area (Å²) in [7, 11) is 3.36. The van der Waals surface area contributed by atoms with Gasteiger partial charge in [-0.25, -0.2) is 24.1 Å². The molecule has 0 aliphatic carbocycles. The first-order chi connectivity index (χ1) is 16.0. The van der Waals surface area contributed by atoms with Gasteiger partial charge in [-0.3, -0.25) is 13.9 Å². The van der Waals surface area contributed by atoms with E-state index in [1.54, 1.807) is 42.6 Å². The van der Waals surface area contributed by atoms with Crippen molar-refractivity contribution < 1.29 is 4.39 Å². The van der Waals surface area contributed by atoms with Crippen LogP contribution in [0.3, 0.4) is 0 Å². The van der Waals surface area contributed by atoms with Crippen LogP contribution in [-0.2, 0) is 20.6 Å². The Kier molecular flexibility index (Phi) is 5.59. The maximum Gasteiger partial charge on any atom is 0.332 e. The normalized spacial score (nSPS) is 11.6. The van der Waals surface area contributed by atoms with E-state index in [-0.39, 0.29) is 17.1 Å². The minimum atomic E-state index is -0.378. The highest BCUT2D eigenvalue weighted by Crippen LogP contribution is 2.37. The zero-order valence-electron chi connectivity index (χ0n) is 17.9. The molecule has 0 saturated heterocycles. The zero-order chi connectivity index (χ0) is 23.1. The van der Waals surface area contributed by atoms with Crippen LogP contribution in [0.25, 0.3) is 32.5 Å². The van der Waals surface area contributed by atoms with Gasteiger partial charge in [-0.2, -0.15) is 0 Å². The third-order valence-corrected chi connectivity index (χ3v) is 7.42. The number of halogens is 1. The van der Waals surface area contributed by atoms with E-state index >= 15 is 0 Å². The average molecular weight is 483 g/mol. The van der Waals surface area contributed by atoms with E-state index in [0.29, 0.717) is 29.9 Å². The fraction of sp³-hybridized carbons (Fsp3) is 0.227. The van der Waals surface area contributed by atoms with Gasteiger partial charge in [-0.05, 0) is 24.1 Å². The topological polar surface area (TPSA) is 87.6 Å². The first kappa shape index (κ1) is 21.5. The van der Waals surface area contributed by atoms with Crippen molar-refractivity contribution in [3.05, 3.63) is 69.0 Å². The van der Waals surface area contributed by atoms with Gasteiger partial charge in [0, 0.05) is 37.3 Å². The minimum absolute atomic E-state index is 0.283. The maximum absolute atomic E-state index is 13.4. The third-order valence-electron chi connectivity index (χ3n) is 5.46. The molecule has 0 N–H and O–H groups in total. The molecule has 0 spiro atoms. The second kappa shape index (κ2) is 8.56. The molecule has 0 saturated carbocycles. The first-order valence-corrected chi connectivity index (χ1v) is 12.0. The molecule has 8 nitrogen and oxygen atoms in total. The van der Waals surface area contributed by atoms with Crippen molar-refractivity contribution in [1.29, 1.82) is 0 Å². The van der Waals surface area contributed by atoms with E-state index in [4.69, 9.17) is 0 Å². The van der Waals surface area contributed by atoms with Crippen molar-refractivity contribution in [3.8, 4) is 11.1 Å². The molecule has 33 heavy (non-hydrogen) atoms. The Morgan fingerprint density at radius 2 is 1.88 bits per heavy atom. The number of thiophene rings is 1. The molecule has 0 bridgehead atoms. The van der Waals surface area contributed by atoms with Gasteiger partial charge >= 0.3 is 5.69 Å². The lowest BCUT2D eigenvalue weighted by molar-refractivity contribution is 0.594. The van der Waals surface area contributed by atoms with E-state index in [2.05, 4.69) is 15.0 Å². The van der Waals surface area contributed by atoms with E-state index in [1.807, 2.05) is 5.38 Å². The molecule has 168 valence electrons. The molecule has 1 aromatic carbocycles. The lowest BCUT2D eigenvalue weighted by Gasteiger charge is -2.09. The average Bonchev–Trinajstić information content (AvgIpc) is 3.42. The lowest BCUT2D eigenvalue weighted by atomic mass is 10.1. The zero-order valence-corrected chi connectivity index (χ0v) is 19.5. The van der Waals surface area contributed by atoms with Crippen LogP contribution in [0.15, 0.2) is 56.9 Å². The summed E-state index contributed by atoms with van der Waals surface area (Å²) in [5.41, 5.74) is 1.94. The Morgan fingerprint density at radius 3 is 2.67 bits per heavy atom. The Labute approximate surface area is 195 Å². The molecule has 0 atom stereocenters. The predicted octanol–water partition coefficient (Wildman–Crippen LogP) is 3.43. The summed E-state index contributed by atoms with van der Waals surface area (Å²) in [6, 6.07) is 6.36. The van der Waals surface area contributed by atoms with Crippen LogP contribution in [0.4, 0.5) is 4.39 Å². The quantitative estimate of drug-likeness (QED) is 0.209. The summed E-state index contributed by atoms with van der Waals surface area (Å²) < 4.78 is 17.7.